The normalized spacial score (nSPS) is 21.6. The molecule has 1 saturated carbocycles. The Morgan fingerprint density at radius 3 is 2.67 bits per heavy atom. The molecule has 3 N–H and O–H groups in total. The van der Waals surface area contributed by atoms with Crippen molar-refractivity contribution in [1.29, 1.82) is 0 Å². The van der Waals surface area contributed by atoms with Crippen LogP contribution in [0.1, 0.15) is 36.0 Å². The number of pyridine rings is 1. The number of nitrogens with one attached hydrogen (secondary N) is 2. The molecule has 0 saturated heterocycles. The third kappa shape index (κ3) is 3.66. The Balaban J connectivity index is 2.15. The fraction of sp³-hybridized carbons (Fsp3) is 0.538. The first-order valence-corrected chi connectivity index (χ1v) is 6.82. The van der Waals surface area contributed by atoms with Gasteiger partial charge in [-0.1, -0.05) is 0 Å². The fourth-order valence-electron chi connectivity index (χ4n) is 2.40. The van der Waals surface area contributed by atoms with Gasteiger partial charge in [-0.3, -0.25) is 14.9 Å². The number of rotatable bonds is 4. The maximum absolute atomic E-state index is 12.3. The van der Waals surface area contributed by atoms with E-state index in [1.165, 1.54) is 6.07 Å². The van der Waals surface area contributed by atoms with Crippen LogP contribution in [0.2, 0.25) is 0 Å². The maximum Gasteiger partial charge on any atom is 0.300 e. The SMILES string of the molecule is CNc1cc(C(=O)NC2CCC(O)CC2)c([N+](=O)[O-])cn1. The number of hydrogen-bond acceptors (Lipinski definition) is 6. The summed E-state index contributed by atoms with van der Waals surface area (Å²) in [4.78, 5) is 26.5. The van der Waals surface area contributed by atoms with Gasteiger partial charge in [-0.15, -0.1) is 0 Å². The summed E-state index contributed by atoms with van der Waals surface area (Å²) >= 11 is 0. The van der Waals surface area contributed by atoms with Gasteiger partial charge in [0.2, 0.25) is 0 Å². The number of nitro groups is 1. The molecule has 1 aliphatic carbocycles. The van der Waals surface area contributed by atoms with Crippen molar-refractivity contribution in [1.82, 2.24) is 10.3 Å². The largest absolute Gasteiger partial charge is 0.393 e. The van der Waals surface area contributed by atoms with Crippen LogP contribution in [0.4, 0.5) is 11.5 Å². The number of aliphatic hydroxyl groups is 1. The molecule has 0 spiro atoms. The van der Waals surface area contributed by atoms with Crippen molar-refractivity contribution in [2.24, 2.45) is 0 Å². The molecular formula is C13H18N4O4. The molecule has 1 aliphatic rings. The molecule has 0 atom stereocenters. The summed E-state index contributed by atoms with van der Waals surface area (Å²) in [6.07, 6.45) is 3.36. The van der Waals surface area contributed by atoms with E-state index < -0.39 is 10.8 Å². The second kappa shape index (κ2) is 6.49. The van der Waals surface area contributed by atoms with Gasteiger partial charge in [-0.2, -0.15) is 0 Å². The molecule has 2 rings (SSSR count). The topological polar surface area (TPSA) is 117 Å². The van der Waals surface area contributed by atoms with Gasteiger partial charge in [-0.05, 0) is 25.7 Å². The van der Waals surface area contributed by atoms with Gasteiger partial charge in [0, 0.05) is 19.2 Å². The maximum atomic E-state index is 12.3. The minimum Gasteiger partial charge on any atom is -0.393 e. The average molecular weight is 294 g/mol. The van der Waals surface area contributed by atoms with E-state index in [1.54, 1.807) is 7.05 Å². The lowest BCUT2D eigenvalue weighted by Gasteiger charge is -2.26. The summed E-state index contributed by atoms with van der Waals surface area (Å²) in [6.45, 7) is 0. The summed E-state index contributed by atoms with van der Waals surface area (Å²) in [5.41, 5.74) is -0.326. The standard InChI is InChI=1S/C13H18N4O4/c1-14-12-6-10(11(7-15-12)17(20)21)13(19)16-8-2-4-9(18)5-3-8/h6-9,18H,2-5H2,1H3,(H,14,15)(H,16,19). The zero-order chi connectivity index (χ0) is 15.4. The van der Waals surface area contributed by atoms with E-state index in [9.17, 15) is 20.0 Å². The summed E-state index contributed by atoms with van der Waals surface area (Å²) in [5.74, 6) is -0.0909. The van der Waals surface area contributed by atoms with E-state index in [0.717, 1.165) is 6.20 Å². The zero-order valence-corrected chi connectivity index (χ0v) is 11.7. The number of aliphatic hydroxyl groups excluding tert-OH is 1. The Morgan fingerprint density at radius 2 is 2.10 bits per heavy atom. The Kier molecular flexibility index (Phi) is 4.69. The lowest BCUT2D eigenvalue weighted by atomic mass is 9.93. The summed E-state index contributed by atoms with van der Waals surface area (Å²) in [5, 5.41) is 26.0. The lowest BCUT2D eigenvalue weighted by molar-refractivity contribution is -0.385. The van der Waals surface area contributed by atoms with Gasteiger partial charge in [0.25, 0.3) is 11.6 Å². The first kappa shape index (κ1) is 15.2. The van der Waals surface area contributed by atoms with Crippen LogP contribution < -0.4 is 10.6 Å². The van der Waals surface area contributed by atoms with Crippen LogP contribution in [-0.4, -0.2) is 40.1 Å². The molecule has 1 heterocycles. The van der Waals surface area contributed by atoms with Gasteiger partial charge < -0.3 is 15.7 Å². The first-order chi connectivity index (χ1) is 10.0. The Morgan fingerprint density at radius 1 is 1.43 bits per heavy atom. The molecule has 1 aromatic rings. The molecule has 0 radical (unpaired) electrons. The van der Waals surface area contributed by atoms with Crippen LogP contribution in [0.5, 0.6) is 0 Å². The number of anilines is 1. The van der Waals surface area contributed by atoms with E-state index in [-0.39, 0.29) is 23.4 Å². The highest BCUT2D eigenvalue weighted by Crippen LogP contribution is 2.22. The second-order valence-electron chi connectivity index (χ2n) is 5.07. The van der Waals surface area contributed by atoms with Gasteiger partial charge in [0.1, 0.15) is 17.6 Å². The molecule has 8 nitrogen and oxygen atoms in total. The third-order valence-corrected chi connectivity index (χ3v) is 3.61. The Bertz CT molecular complexity index is 541. The van der Waals surface area contributed by atoms with Crippen molar-refractivity contribution in [2.45, 2.75) is 37.8 Å². The van der Waals surface area contributed by atoms with E-state index in [0.29, 0.717) is 31.5 Å². The predicted molar refractivity (Wildman–Crippen MR) is 76.2 cm³/mol. The molecule has 1 fully saturated rings. The minimum atomic E-state index is -0.619. The van der Waals surface area contributed by atoms with Crippen LogP contribution >= 0.6 is 0 Å². The molecule has 0 bridgehead atoms. The predicted octanol–water partition coefficient (Wildman–Crippen LogP) is 1.06. The second-order valence-corrected chi connectivity index (χ2v) is 5.07. The fourth-order valence-corrected chi connectivity index (χ4v) is 2.40. The molecule has 1 amide bonds. The lowest BCUT2D eigenvalue weighted by Crippen LogP contribution is -2.38. The number of nitrogens with zero attached hydrogens (tertiary/aromatic N) is 2. The third-order valence-electron chi connectivity index (χ3n) is 3.61. The van der Waals surface area contributed by atoms with E-state index in [1.807, 2.05) is 0 Å². The highest BCUT2D eigenvalue weighted by atomic mass is 16.6. The highest BCUT2D eigenvalue weighted by molar-refractivity contribution is 5.98. The van der Waals surface area contributed by atoms with Crippen LogP contribution in [-0.2, 0) is 0 Å². The van der Waals surface area contributed by atoms with Crippen molar-refractivity contribution in [3.8, 4) is 0 Å². The van der Waals surface area contributed by atoms with Crippen LogP contribution in [0, 0.1) is 10.1 Å². The van der Waals surface area contributed by atoms with Gasteiger partial charge in [0.05, 0.1) is 11.0 Å². The monoisotopic (exact) mass is 294 g/mol. The molecule has 8 heteroatoms. The first-order valence-electron chi connectivity index (χ1n) is 6.82. The summed E-state index contributed by atoms with van der Waals surface area (Å²) in [7, 11) is 1.62. The molecule has 1 aromatic heterocycles. The number of hydrogen-bond donors (Lipinski definition) is 3. The molecule has 0 aliphatic heterocycles. The molecule has 0 unspecified atom stereocenters. The minimum absolute atomic E-state index is 0.00882. The quantitative estimate of drug-likeness (QED) is 0.564. The van der Waals surface area contributed by atoms with E-state index in [4.69, 9.17) is 0 Å². The van der Waals surface area contributed by atoms with Crippen LogP contribution in [0.3, 0.4) is 0 Å². The molecular weight excluding hydrogens is 276 g/mol. The average Bonchev–Trinajstić information content (AvgIpc) is 2.48. The zero-order valence-electron chi connectivity index (χ0n) is 11.7. The van der Waals surface area contributed by atoms with Crippen LogP contribution in [0.15, 0.2) is 12.3 Å². The summed E-state index contributed by atoms with van der Waals surface area (Å²) < 4.78 is 0. The summed E-state index contributed by atoms with van der Waals surface area (Å²) in [6, 6.07) is 1.30. The Hall–Kier alpha value is -2.22. The van der Waals surface area contributed by atoms with E-state index in [2.05, 4.69) is 15.6 Å². The van der Waals surface area contributed by atoms with Gasteiger partial charge >= 0.3 is 0 Å². The smallest absolute Gasteiger partial charge is 0.300 e. The highest BCUT2D eigenvalue weighted by Gasteiger charge is 2.26. The van der Waals surface area contributed by atoms with Crippen LogP contribution in [0.25, 0.3) is 0 Å². The molecule has 114 valence electrons. The molecule has 21 heavy (non-hydrogen) atoms. The van der Waals surface area contributed by atoms with Gasteiger partial charge in [0.15, 0.2) is 0 Å². The molecule has 0 aromatic carbocycles. The number of aromatic nitrogens is 1. The number of carbonyl (C=O) groups is 1. The van der Waals surface area contributed by atoms with Crippen molar-refractivity contribution in [2.75, 3.05) is 12.4 Å². The van der Waals surface area contributed by atoms with Crippen molar-refractivity contribution >= 4 is 17.4 Å². The number of amides is 1. The Labute approximate surface area is 121 Å². The van der Waals surface area contributed by atoms with Crippen molar-refractivity contribution < 1.29 is 14.8 Å². The van der Waals surface area contributed by atoms with Gasteiger partial charge in [-0.25, -0.2) is 4.98 Å². The van der Waals surface area contributed by atoms with E-state index >= 15 is 0 Å². The van der Waals surface area contributed by atoms with Crippen molar-refractivity contribution in [3.63, 3.8) is 0 Å². The van der Waals surface area contributed by atoms with Crippen molar-refractivity contribution in [3.05, 3.63) is 27.9 Å². The number of carbonyl (C=O) groups excluding carboxylic acids is 1.